The molecule has 0 aromatic carbocycles. The number of hydrogen-bond donors (Lipinski definition) is 1. The molecule has 0 heterocycles. The third-order valence-corrected chi connectivity index (χ3v) is 1.02. The van der Waals surface area contributed by atoms with Gasteiger partial charge in [0.1, 0.15) is 0 Å². The van der Waals surface area contributed by atoms with Crippen molar-refractivity contribution >= 4 is 11.6 Å². The molecule has 7 heavy (non-hydrogen) atoms. The molecule has 0 aromatic heterocycles. The Morgan fingerprint density at radius 2 is 2.14 bits per heavy atom. The fraction of sp³-hybridized carbons (Fsp3) is 0.800. The van der Waals surface area contributed by atoms with E-state index in [0.29, 0.717) is 0 Å². The van der Waals surface area contributed by atoms with Gasteiger partial charge in [-0.1, -0.05) is 6.42 Å². The number of unbranched alkanes of at least 4 members (excludes halogenated alkanes) is 2. The summed E-state index contributed by atoms with van der Waals surface area (Å²) in [7, 11) is 0. The lowest BCUT2D eigenvalue weighted by atomic mass is 10.3. The van der Waals surface area contributed by atoms with E-state index >= 15 is 0 Å². The molecule has 1 nitrogen and oxygen atoms in total. The summed E-state index contributed by atoms with van der Waals surface area (Å²) in [5.74, 6) is 0.758. The summed E-state index contributed by atoms with van der Waals surface area (Å²) >= 11 is 5.38. The van der Waals surface area contributed by atoms with Gasteiger partial charge in [0.25, 0.3) is 0 Å². The predicted molar refractivity (Wildman–Crippen MR) is 33.1 cm³/mol. The SMILES string of the molecule is N[CH]CCCCCl. The Morgan fingerprint density at radius 3 is 2.57 bits per heavy atom. The first kappa shape index (κ1) is 7.25. The first-order valence-electron chi connectivity index (χ1n) is 2.51. The lowest BCUT2D eigenvalue weighted by Gasteiger charge is -1.89. The van der Waals surface area contributed by atoms with Crippen molar-refractivity contribution in [2.75, 3.05) is 5.88 Å². The summed E-state index contributed by atoms with van der Waals surface area (Å²) in [5, 5.41) is 0. The molecule has 0 unspecified atom stereocenters. The van der Waals surface area contributed by atoms with Crippen molar-refractivity contribution in [2.45, 2.75) is 19.3 Å². The minimum absolute atomic E-state index is 0.758. The van der Waals surface area contributed by atoms with Crippen LogP contribution < -0.4 is 5.73 Å². The minimum atomic E-state index is 0.758. The van der Waals surface area contributed by atoms with Crippen molar-refractivity contribution in [1.82, 2.24) is 0 Å². The van der Waals surface area contributed by atoms with Crippen molar-refractivity contribution in [3.8, 4) is 0 Å². The van der Waals surface area contributed by atoms with Gasteiger partial charge >= 0.3 is 0 Å². The molecular weight excluding hydrogens is 110 g/mol. The number of nitrogens with two attached hydrogens (primary N) is 1. The predicted octanol–water partition coefficient (Wildman–Crippen LogP) is 1.52. The summed E-state index contributed by atoms with van der Waals surface area (Å²) in [5.41, 5.74) is 5.10. The molecule has 0 rings (SSSR count). The van der Waals surface area contributed by atoms with Crippen LogP contribution in [0.3, 0.4) is 0 Å². The first-order chi connectivity index (χ1) is 3.41. The fourth-order valence-corrected chi connectivity index (χ4v) is 0.546. The van der Waals surface area contributed by atoms with Gasteiger partial charge in [-0.15, -0.1) is 11.6 Å². The highest BCUT2D eigenvalue weighted by Crippen LogP contribution is 1.95. The van der Waals surface area contributed by atoms with Gasteiger partial charge in [0.05, 0.1) is 0 Å². The van der Waals surface area contributed by atoms with Crippen LogP contribution in [0.2, 0.25) is 0 Å². The maximum Gasteiger partial charge on any atom is 0.0223 e. The van der Waals surface area contributed by atoms with Crippen molar-refractivity contribution in [3.05, 3.63) is 6.54 Å². The monoisotopic (exact) mass is 120 g/mol. The molecule has 0 aromatic rings. The van der Waals surface area contributed by atoms with Gasteiger partial charge in [0, 0.05) is 12.4 Å². The van der Waals surface area contributed by atoms with E-state index in [-0.39, 0.29) is 0 Å². The molecule has 43 valence electrons. The van der Waals surface area contributed by atoms with Gasteiger partial charge in [-0.2, -0.15) is 0 Å². The van der Waals surface area contributed by atoms with Crippen LogP contribution in [0.5, 0.6) is 0 Å². The lowest BCUT2D eigenvalue weighted by molar-refractivity contribution is 0.781. The van der Waals surface area contributed by atoms with Gasteiger partial charge < -0.3 is 5.73 Å². The van der Waals surface area contributed by atoms with Crippen LogP contribution in [0, 0.1) is 6.54 Å². The van der Waals surface area contributed by atoms with Crippen LogP contribution in [-0.4, -0.2) is 5.88 Å². The standard InChI is InChI=1S/C5H11ClN/c6-4-2-1-3-5-7/h5H,1-4,7H2. The maximum atomic E-state index is 5.38. The zero-order valence-corrected chi connectivity index (χ0v) is 5.12. The Morgan fingerprint density at radius 1 is 1.43 bits per heavy atom. The van der Waals surface area contributed by atoms with Gasteiger partial charge in [-0.25, -0.2) is 0 Å². The Labute approximate surface area is 49.8 Å². The number of hydrogen-bond acceptors (Lipinski definition) is 1. The smallest absolute Gasteiger partial charge is 0.0223 e. The summed E-state index contributed by atoms with van der Waals surface area (Å²) < 4.78 is 0. The van der Waals surface area contributed by atoms with E-state index in [1.54, 1.807) is 6.54 Å². The highest BCUT2D eigenvalue weighted by atomic mass is 35.5. The molecule has 1 radical (unpaired) electrons. The van der Waals surface area contributed by atoms with Crippen LogP contribution >= 0.6 is 11.6 Å². The van der Waals surface area contributed by atoms with Crippen molar-refractivity contribution in [2.24, 2.45) is 5.73 Å². The summed E-state index contributed by atoms with van der Waals surface area (Å²) in [6.45, 7) is 1.67. The number of halogens is 1. The van der Waals surface area contributed by atoms with E-state index in [1.807, 2.05) is 0 Å². The molecule has 0 aliphatic rings. The average molecular weight is 121 g/mol. The Hall–Kier alpha value is 0.250. The molecule has 2 N–H and O–H groups in total. The zero-order valence-electron chi connectivity index (χ0n) is 4.36. The van der Waals surface area contributed by atoms with E-state index in [1.165, 1.54) is 0 Å². The Kier molecular flexibility index (Phi) is 6.47. The minimum Gasteiger partial charge on any atom is -0.326 e. The topological polar surface area (TPSA) is 26.0 Å². The van der Waals surface area contributed by atoms with Crippen LogP contribution in [0.4, 0.5) is 0 Å². The highest BCUT2D eigenvalue weighted by Gasteiger charge is 1.81. The second kappa shape index (κ2) is 6.25. The molecule has 0 bridgehead atoms. The van der Waals surface area contributed by atoms with Crippen molar-refractivity contribution in [3.63, 3.8) is 0 Å². The molecule has 0 spiro atoms. The van der Waals surface area contributed by atoms with Crippen molar-refractivity contribution in [1.29, 1.82) is 0 Å². The van der Waals surface area contributed by atoms with E-state index < -0.39 is 0 Å². The third kappa shape index (κ3) is 6.25. The maximum absolute atomic E-state index is 5.38. The van der Waals surface area contributed by atoms with Crippen molar-refractivity contribution < 1.29 is 0 Å². The van der Waals surface area contributed by atoms with Crippen LogP contribution in [-0.2, 0) is 0 Å². The molecule has 2 heteroatoms. The van der Waals surface area contributed by atoms with E-state index in [0.717, 1.165) is 25.1 Å². The largest absolute Gasteiger partial charge is 0.326 e. The van der Waals surface area contributed by atoms with Gasteiger partial charge in [-0.05, 0) is 12.8 Å². The Bertz CT molecular complexity index is 27.3. The fourth-order valence-electron chi connectivity index (χ4n) is 0.357. The van der Waals surface area contributed by atoms with E-state index in [9.17, 15) is 0 Å². The number of rotatable bonds is 4. The second-order valence-electron chi connectivity index (χ2n) is 1.42. The van der Waals surface area contributed by atoms with Gasteiger partial charge in [0.15, 0.2) is 0 Å². The summed E-state index contributed by atoms with van der Waals surface area (Å²) in [6, 6.07) is 0. The molecule has 0 fully saturated rings. The molecule has 0 aliphatic heterocycles. The molecule has 0 amide bonds. The first-order valence-corrected chi connectivity index (χ1v) is 3.04. The zero-order chi connectivity index (χ0) is 5.54. The van der Waals surface area contributed by atoms with Gasteiger partial charge in [0.2, 0.25) is 0 Å². The quantitative estimate of drug-likeness (QED) is 0.442. The molecule has 0 atom stereocenters. The lowest BCUT2D eigenvalue weighted by Crippen LogP contribution is -1.89. The summed E-state index contributed by atoms with van der Waals surface area (Å²) in [4.78, 5) is 0. The average Bonchev–Trinajstić information content (AvgIpc) is 1.69. The Balaban J connectivity index is 2.45. The van der Waals surface area contributed by atoms with Crippen LogP contribution in [0.1, 0.15) is 19.3 Å². The highest BCUT2D eigenvalue weighted by molar-refractivity contribution is 6.17. The molecule has 0 aliphatic carbocycles. The third-order valence-electron chi connectivity index (χ3n) is 0.754. The van der Waals surface area contributed by atoms with Gasteiger partial charge in [-0.3, -0.25) is 0 Å². The molecular formula is C5H11ClN. The normalized spacial score (nSPS) is 9.43. The molecule has 0 saturated heterocycles. The van der Waals surface area contributed by atoms with Crippen LogP contribution in [0.15, 0.2) is 0 Å². The summed E-state index contributed by atoms with van der Waals surface area (Å²) in [6.07, 6.45) is 3.20. The second-order valence-corrected chi connectivity index (χ2v) is 1.80. The van der Waals surface area contributed by atoms with E-state index in [2.05, 4.69) is 0 Å². The molecule has 0 saturated carbocycles. The number of alkyl halides is 1. The van der Waals surface area contributed by atoms with Crippen LogP contribution in [0.25, 0.3) is 0 Å². The van der Waals surface area contributed by atoms with E-state index in [4.69, 9.17) is 17.3 Å².